The standard InChI is InChI=1S/C25H31N7O2/c1-7-19-14-32(20-10-18(11-26)8-9-27-20)23-21(19)22(28-15-29-23)30-12-17(3)31(13-16(30)2)24(33)34-25(4,5)6/h8-10,14-17H,7,12-13H2,1-6H3/t16-,17+/m0/s1. The smallest absolute Gasteiger partial charge is 0.410 e. The van der Waals surface area contributed by atoms with Crippen molar-refractivity contribution in [3.63, 3.8) is 0 Å². The predicted molar refractivity (Wildman–Crippen MR) is 130 cm³/mol. The van der Waals surface area contributed by atoms with Gasteiger partial charge in [0.25, 0.3) is 0 Å². The number of carbonyl (C=O) groups excluding carboxylic acids is 1. The summed E-state index contributed by atoms with van der Waals surface area (Å²) in [6, 6.07) is 5.60. The lowest BCUT2D eigenvalue weighted by Crippen LogP contribution is -2.59. The first kappa shape index (κ1) is 23.5. The normalized spacial score (nSPS) is 18.7. The van der Waals surface area contributed by atoms with E-state index in [2.05, 4.69) is 39.8 Å². The molecule has 0 aliphatic carbocycles. The zero-order valence-electron chi connectivity index (χ0n) is 20.6. The Morgan fingerprint density at radius 2 is 1.97 bits per heavy atom. The first-order chi connectivity index (χ1) is 16.1. The van der Waals surface area contributed by atoms with Crippen molar-refractivity contribution in [1.82, 2.24) is 24.4 Å². The van der Waals surface area contributed by atoms with Crippen molar-refractivity contribution in [2.45, 2.75) is 65.6 Å². The number of amides is 1. The van der Waals surface area contributed by atoms with E-state index in [-0.39, 0.29) is 18.2 Å². The van der Waals surface area contributed by atoms with Gasteiger partial charge in [-0.25, -0.2) is 19.7 Å². The molecular weight excluding hydrogens is 430 g/mol. The highest BCUT2D eigenvalue weighted by molar-refractivity contribution is 5.92. The van der Waals surface area contributed by atoms with E-state index in [1.54, 1.807) is 29.6 Å². The average Bonchev–Trinajstić information content (AvgIpc) is 3.18. The van der Waals surface area contributed by atoms with Crippen LogP contribution in [0.5, 0.6) is 0 Å². The third-order valence-corrected chi connectivity index (χ3v) is 6.03. The van der Waals surface area contributed by atoms with E-state index in [4.69, 9.17) is 4.74 Å². The average molecular weight is 462 g/mol. The van der Waals surface area contributed by atoms with Crippen LogP contribution >= 0.6 is 0 Å². The SMILES string of the molecule is CCc1cn(-c2cc(C#N)ccn2)c2ncnc(N3C[C@@H](C)N(C(=O)OC(C)(C)C)C[C@@H]3C)c12. The Labute approximate surface area is 200 Å². The van der Waals surface area contributed by atoms with Crippen LogP contribution in [-0.4, -0.2) is 61.3 Å². The summed E-state index contributed by atoms with van der Waals surface area (Å²) < 4.78 is 7.55. The number of rotatable bonds is 3. The maximum atomic E-state index is 12.8. The van der Waals surface area contributed by atoms with Gasteiger partial charge < -0.3 is 14.5 Å². The molecule has 9 heteroatoms. The fraction of sp³-hybridized carbons (Fsp3) is 0.480. The molecular formula is C25H31N7O2. The molecule has 0 bridgehead atoms. The Balaban J connectivity index is 1.72. The topological polar surface area (TPSA) is 100 Å². The van der Waals surface area contributed by atoms with E-state index in [1.807, 2.05) is 38.5 Å². The number of nitriles is 1. The Hall–Kier alpha value is -3.67. The third-order valence-electron chi connectivity index (χ3n) is 6.03. The molecule has 34 heavy (non-hydrogen) atoms. The van der Waals surface area contributed by atoms with Crippen LogP contribution in [0, 0.1) is 11.3 Å². The van der Waals surface area contributed by atoms with Crippen molar-refractivity contribution in [2.75, 3.05) is 18.0 Å². The Morgan fingerprint density at radius 3 is 2.65 bits per heavy atom. The van der Waals surface area contributed by atoms with E-state index in [9.17, 15) is 10.1 Å². The lowest BCUT2D eigenvalue weighted by molar-refractivity contribution is 0.0130. The summed E-state index contributed by atoms with van der Waals surface area (Å²) in [7, 11) is 0. The highest BCUT2D eigenvalue weighted by Gasteiger charge is 2.36. The Bertz CT molecular complexity index is 1250. The molecule has 9 nitrogen and oxygen atoms in total. The Kier molecular flexibility index (Phi) is 6.17. The van der Waals surface area contributed by atoms with Crippen LogP contribution < -0.4 is 4.90 Å². The van der Waals surface area contributed by atoms with Gasteiger partial charge in [-0.2, -0.15) is 5.26 Å². The van der Waals surface area contributed by atoms with E-state index < -0.39 is 5.60 Å². The van der Waals surface area contributed by atoms with E-state index in [1.165, 1.54) is 0 Å². The molecule has 3 aromatic heterocycles. The zero-order chi connectivity index (χ0) is 24.6. The minimum Gasteiger partial charge on any atom is -0.444 e. The molecule has 1 fully saturated rings. The summed E-state index contributed by atoms with van der Waals surface area (Å²) in [5.74, 6) is 1.49. The van der Waals surface area contributed by atoms with Gasteiger partial charge in [0.05, 0.1) is 17.0 Å². The largest absolute Gasteiger partial charge is 0.444 e. The fourth-order valence-corrected chi connectivity index (χ4v) is 4.40. The van der Waals surface area contributed by atoms with Crippen molar-refractivity contribution >= 4 is 22.9 Å². The predicted octanol–water partition coefficient (Wildman–Crippen LogP) is 4.08. The summed E-state index contributed by atoms with van der Waals surface area (Å²) in [6.07, 6.45) is 5.73. The van der Waals surface area contributed by atoms with Gasteiger partial charge in [0.15, 0.2) is 5.65 Å². The quantitative estimate of drug-likeness (QED) is 0.579. The van der Waals surface area contributed by atoms with Crippen LogP contribution in [0.2, 0.25) is 0 Å². The molecule has 4 rings (SSSR count). The summed E-state index contributed by atoms with van der Waals surface area (Å²) in [5.41, 5.74) is 1.86. The molecule has 0 spiro atoms. The van der Waals surface area contributed by atoms with Crippen LogP contribution in [0.3, 0.4) is 0 Å². The lowest BCUT2D eigenvalue weighted by Gasteiger charge is -2.44. The number of fused-ring (bicyclic) bond motifs is 1. The molecule has 0 aromatic carbocycles. The van der Waals surface area contributed by atoms with E-state index in [0.717, 1.165) is 28.8 Å². The number of hydrogen-bond acceptors (Lipinski definition) is 7. The van der Waals surface area contributed by atoms with Crippen molar-refractivity contribution in [1.29, 1.82) is 5.26 Å². The number of aromatic nitrogens is 4. The molecule has 2 atom stereocenters. The van der Waals surface area contributed by atoms with Crippen LogP contribution in [0.4, 0.5) is 10.6 Å². The minimum atomic E-state index is -0.536. The molecule has 4 heterocycles. The number of aryl methyl sites for hydroxylation is 1. The second-order valence-electron chi connectivity index (χ2n) is 9.77. The van der Waals surface area contributed by atoms with Gasteiger partial charge in [-0.1, -0.05) is 6.92 Å². The third kappa shape index (κ3) is 4.40. The second-order valence-corrected chi connectivity index (χ2v) is 9.77. The van der Waals surface area contributed by atoms with Crippen molar-refractivity contribution in [3.05, 3.63) is 42.0 Å². The van der Waals surface area contributed by atoms with E-state index >= 15 is 0 Å². The summed E-state index contributed by atoms with van der Waals surface area (Å²) in [6.45, 7) is 13.0. The number of ether oxygens (including phenoxy) is 1. The van der Waals surface area contributed by atoms with Gasteiger partial charge in [-0.05, 0) is 58.7 Å². The lowest BCUT2D eigenvalue weighted by atomic mass is 10.1. The molecule has 178 valence electrons. The maximum Gasteiger partial charge on any atom is 0.410 e. The molecule has 1 saturated heterocycles. The number of pyridine rings is 1. The number of anilines is 1. The van der Waals surface area contributed by atoms with Gasteiger partial charge in [-0.3, -0.25) is 4.57 Å². The number of nitrogens with zero attached hydrogens (tertiary/aromatic N) is 7. The number of piperazine rings is 1. The molecule has 1 amide bonds. The minimum absolute atomic E-state index is 0.0370. The monoisotopic (exact) mass is 461 g/mol. The van der Waals surface area contributed by atoms with Gasteiger partial charge in [-0.15, -0.1) is 0 Å². The fourth-order valence-electron chi connectivity index (χ4n) is 4.40. The number of hydrogen-bond donors (Lipinski definition) is 0. The highest BCUT2D eigenvalue weighted by atomic mass is 16.6. The summed E-state index contributed by atoms with van der Waals surface area (Å²) in [5, 5.41) is 10.3. The first-order valence-electron chi connectivity index (χ1n) is 11.6. The second kappa shape index (κ2) is 8.93. The van der Waals surface area contributed by atoms with Gasteiger partial charge in [0, 0.05) is 37.6 Å². The molecule has 1 aliphatic rings. The summed E-state index contributed by atoms with van der Waals surface area (Å²) >= 11 is 0. The molecule has 3 aromatic rings. The van der Waals surface area contributed by atoms with Crippen LogP contribution in [-0.2, 0) is 11.2 Å². The van der Waals surface area contributed by atoms with Crippen molar-refractivity contribution in [3.8, 4) is 11.9 Å². The molecule has 0 unspecified atom stereocenters. The number of carbonyl (C=O) groups is 1. The van der Waals surface area contributed by atoms with Crippen LogP contribution in [0.1, 0.15) is 52.7 Å². The highest BCUT2D eigenvalue weighted by Crippen LogP contribution is 2.33. The van der Waals surface area contributed by atoms with Gasteiger partial charge >= 0.3 is 6.09 Å². The molecule has 0 saturated carbocycles. The van der Waals surface area contributed by atoms with Gasteiger partial charge in [0.1, 0.15) is 23.6 Å². The van der Waals surface area contributed by atoms with Crippen LogP contribution in [0.15, 0.2) is 30.9 Å². The molecule has 1 aliphatic heterocycles. The zero-order valence-corrected chi connectivity index (χ0v) is 20.6. The van der Waals surface area contributed by atoms with Crippen LogP contribution in [0.25, 0.3) is 16.9 Å². The van der Waals surface area contributed by atoms with Crippen molar-refractivity contribution in [2.24, 2.45) is 0 Å². The van der Waals surface area contributed by atoms with Crippen molar-refractivity contribution < 1.29 is 9.53 Å². The maximum absolute atomic E-state index is 12.8. The van der Waals surface area contributed by atoms with E-state index in [0.29, 0.717) is 24.5 Å². The Morgan fingerprint density at radius 1 is 1.21 bits per heavy atom. The molecule has 0 radical (unpaired) electrons. The molecule has 0 N–H and O–H groups in total. The summed E-state index contributed by atoms with van der Waals surface area (Å²) in [4.78, 5) is 30.5. The first-order valence-corrected chi connectivity index (χ1v) is 11.6. The van der Waals surface area contributed by atoms with Gasteiger partial charge in [0.2, 0.25) is 0 Å².